The van der Waals surface area contributed by atoms with Gasteiger partial charge in [-0.3, -0.25) is 0 Å². The number of thiophene rings is 1. The van der Waals surface area contributed by atoms with E-state index in [2.05, 4.69) is 41.2 Å². The first-order valence-electron chi connectivity index (χ1n) is 5.31. The third-order valence-corrected chi connectivity index (χ3v) is 4.48. The van der Waals surface area contributed by atoms with Crippen molar-refractivity contribution >= 4 is 44.6 Å². The van der Waals surface area contributed by atoms with E-state index >= 15 is 0 Å². The monoisotopic (exact) mass is 329 g/mol. The van der Waals surface area contributed by atoms with Crippen molar-refractivity contribution in [3.05, 3.63) is 49.1 Å². The number of halogens is 2. The van der Waals surface area contributed by atoms with Crippen LogP contribution in [0.3, 0.4) is 0 Å². The molecule has 0 saturated carbocycles. The van der Waals surface area contributed by atoms with Gasteiger partial charge in [-0.25, -0.2) is 0 Å². The third-order valence-electron chi connectivity index (χ3n) is 2.54. The lowest BCUT2D eigenvalue weighted by molar-refractivity contribution is 1.14. The van der Waals surface area contributed by atoms with Crippen molar-refractivity contribution in [2.75, 3.05) is 5.32 Å². The molecule has 0 aliphatic rings. The number of aryl methyl sites for hydroxylation is 2. The van der Waals surface area contributed by atoms with Crippen molar-refractivity contribution in [1.29, 1.82) is 0 Å². The molecule has 1 nitrogen and oxygen atoms in total. The van der Waals surface area contributed by atoms with E-state index in [1.54, 1.807) is 0 Å². The molecule has 0 saturated heterocycles. The molecule has 2 rings (SSSR count). The highest BCUT2D eigenvalue weighted by atomic mass is 79.9. The molecule has 17 heavy (non-hydrogen) atoms. The molecule has 1 N–H and O–H groups in total. The largest absolute Gasteiger partial charge is 0.380 e. The van der Waals surface area contributed by atoms with Crippen LogP contribution in [0, 0.1) is 13.8 Å². The Morgan fingerprint density at radius 1 is 1.29 bits per heavy atom. The van der Waals surface area contributed by atoms with Crippen molar-refractivity contribution in [2.24, 2.45) is 0 Å². The normalized spacial score (nSPS) is 10.6. The molecule has 0 bridgehead atoms. The van der Waals surface area contributed by atoms with E-state index in [1.807, 2.05) is 29.5 Å². The van der Waals surface area contributed by atoms with Gasteiger partial charge in [0.05, 0.1) is 5.69 Å². The van der Waals surface area contributed by atoms with Crippen LogP contribution >= 0.6 is 38.9 Å². The number of benzene rings is 1. The van der Waals surface area contributed by atoms with Gasteiger partial charge in [-0.1, -0.05) is 11.6 Å². The van der Waals surface area contributed by atoms with Gasteiger partial charge < -0.3 is 5.32 Å². The van der Waals surface area contributed by atoms with Crippen LogP contribution in [0.4, 0.5) is 5.69 Å². The van der Waals surface area contributed by atoms with Crippen LogP contribution in [-0.4, -0.2) is 0 Å². The molecule has 0 aliphatic heterocycles. The molecule has 0 atom stereocenters. The summed E-state index contributed by atoms with van der Waals surface area (Å²) in [6, 6.07) is 7.98. The maximum atomic E-state index is 5.98. The minimum Gasteiger partial charge on any atom is -0.380 e. The maximum Gasteiger partial charge on any atom is 0.0502 e. The van der Waals surface area contributed by atoms with E-state index in [4.69, 9.17) is 11.6 Å². The summed E-state index contributed by atoms with van der Waals surface area (Å²) in [4.78, 5) is 2.72. The van der Waals surface area contributed by atoms with E-state index in [0.717, 1.165) is 21.7 Å². The lowest BCUT2D eigenvalue weighted by Gasteiger charge is -2.08. The molecule has 0 unspecified atom stereocenters. The van der Waals surface area contributed by atoms with Gasteiger partial charge >= 0.3 is 0 Å². The first-order valence-corrected chi connectivity index (χ1v) is 7.30. The summed E-state index contributed by atoms with van der Waals surface area (Å²) in [5.74, 6) is 0. The van der Waals surface area contributed by atoms with Crippen LogP contribution in [0.25, 0.3) is 0 Å². The quantitative estimate of drug-likeness (QED) is 0.795. The topological polar surface area (TPSA) is 12.0 Å². The second kappa shape index (κ2) is 5.42. The summed E-state index contributed by atoms with van der Waals surface area (Å²) in [7, 11) is 0. The van der Waals surface area contributed by atoms with Crippen LogP contribution < -0.4 is 5.32 Å². The van der Waals surface area contributed by atoms with Gasteiger partial charge in [0.25, 0.3) is 0 Å². The fraction of sp³-hybridized carbons (Fsp3) is 0.231. The fourth-order valence-corrected chi connectivity index (χ4v) is 3.19. The van der Waals surface area contributed by atoms with Crippen molar-refractivity contribution < 1.29 is 0 Å². The lowest BCUT2D eigenvalue weighted by Crippen LogP contribution is -2.00. The Hall–Kier alpha value is -0.510. The van der Waals surface area contributed by atoms with Crippen LogP contribution in [0.15, 0.2) is 28.7 Å². The highest BCUT2D eigenvalue weighted by Gasteiger charge is 2.04. The van der Waals surface area contributed by atoms with Gasteiger partial charge in [0.2, 0.25) is 0 Å². The van der Waals surface area contributed by atoms with Gasteiger partial charge in [0.1, 0.15) is 0 Å². The van der Waals surface area contributed by atoms with Crippen molar-refractivity contribution in [3.63, 3.8) is 0 Å². The molecular weight excluding hydrogens is 318 g/mol. The number of anilines is 1. The fourth-order valence-electron chi connectivity index (χ4n) is 1.68. The SMILES string of the molecule is Cc1cc(CNc2cc(Cl)ccc2Br)c(C)s1. The first kappa shape index (κ1) is 12.9. The second-order valence-electron chi connectivity index (χ2n) is 3.92. The number of hydrogen-bond donors (Lipinski definition) is 1. The summed E-state index contributed by atoms with van der Waals surface area (Å²) in [5, 5.41) is 4.14. The molecular formula is C13H13BrClNS. The van der Waals surface area contributed by atoms with Crippen molar-refractivity contribution in [3.8, 4) is 0 Å². The Labute approximate surface area is 119 Å². The van der Waals surface area contributed by atoms with Gasteiger partial charge in [0.15, 0.2) is 0 Å². The Kier molecular flexibility index (Phi) is 4.13. The van der Waals surface area contributed by atoms with Crippen LogP contribution in [0.2, 0.25) is 5.02 Å². The zero-order chi connectivity index (χ0) is 12.4. The molecule has 0 fully saturated rings. The van der Waals surface area contributed by atoms with Crippen LogP contribution in [0.5, 0.6) is 0 Å². The zero-order valence-corrected chi connectivity index (χ0v) is 12.8. The molecule has 4 heteroatoms. The molecule has 0 radical (unpaired) electrons. The van der Waals surface area contributed by atoms with Gasteiger partial charge in [-0.15, -0.1) is 11.3 Å². The Balaban J connectivity index is 2.12. The molecule has 0 amide bonds. The van der Waals surface area contributed by atoms with E-state index in [0.29, 0.717) is 0 Å². The predicted octanol–water partition coefficient (Wildman–Crippen LogP) is 5.39. The standard InChI is InChI=1S/C13H13BrClNS/c1-8-5-10(9(2)17-8)7-16-13-6-11(15)3-4-12(13)14/h3-6,16H,7H2,1-2H3. The van der Waals surface area contributed by atoms with Gasteiger partial charge in [0, 0.05) is 25.8 Å². The molecule has 1 aromatic heterocycles. The van der Waals surface area contributed by atoms with Crippen molar-refractivity contribution in [1.82, 2.24) is 0 Å². The predicted molar refractivity (Wildman–Crippen MR) is 80.3 cm³/mol. The summed E-state index contributed by atoms with van der Waals surface area (Å²) in [6.45, 7) is 5.12. The average Bonchev–Trinajstić information content (AvgIpc) is 2.59. The van der Waals surface area contributed by atoms with Gasteiger partial charge in [-0.2, -0.15) is 0 Å². The molecule has 1 heterocycles. The molecule has 1 aromatic carbocycles. The first-order chi connectivity index (χ1) is 8.06. The third kappa shape index (κ3) is 3.24. The maximum absolute atomic E-state index is 5.98. The molecule has 0 aliphatic carbocycles. The zero-order valence-electron chi connectivity index (χ0n) is 9.68. The van der Waals surface area contributed by atoms with E-state index in [-0.39, 0.29) is 0 Å². The summed E-state index contributed by atoms with van der Waals surface area (Å²) in [6.07, 6.45) is 0. The summed E-state index contributed by atoms with van der Waals surface area (Å²) < 4.78 is 1.03. The summed E-state index contributed by atoms with van der Waals surface area (Å²) >= 11 is 11.3. The number of hydrogen-bond acceptors (Lipinski definition) is 2. The minimum atomic E-state index is 0.744. The van der Waals surface area contributed by atoms with Crippen LogP contribution in [-0.2, 0) is 6.54 Å². The van der Waals surface area contributed by atoms with E-state index < -0.39 is 0 Å². The molecule has 2 aromatic rings. The number of rotatable bonds is 3. The average molecular weight is 331 g/mol. The second-order valence-corrected chi connectivity index (χ2v) is 6.67. The molecule has 90 valence electrons. The van der Waals surface area contributed by atoms with Crippen LogP contribution in [0.1, 0.15) is 15.3 Å². The number of nitrogens with one attached hydrogen (secondary N) is 1. The smallest absolute Gasteiger partial charge is 0.0502 e. The minimum absolute atomic E-state index is 0.744. The highest BCUT2D eigenvalue weighted by molar-refractivity contribution is 9.10. The Morgan fingerprint density at radius 3 is 2.71 bits per heavy atom. The highest BCUT2D eigenvalue weighted by Crippen LogP contribution is 2.27. The Morgan fingerprint density at radius 2 is 2.06 bits per heavy atom. The van der Waals surface area contributed by atoms with E-state index in [9.17, 15) is 0 Å². The van der Waals surface area contributed by atoms with E-state index in [1.165, 1.54) is 15.3 Å². The van der Waals surface area contributed by atoms with Crippen molar-refractivity contribution in [2.45, 2.75) is 20.4 Å². The lowest BCUT2D eigenvalue weighted by atomic mass is 10.2. The Bertz CT molecular complexity index is 536. The summed E-state index contributed by atoms with van der Waals surface area (Å²) in [5.41, 5.74) is 2.38. The molecule has 0 spiro atoms. The van der Waals surface area contributed by atoms with Gasteiger partial charge in [-0.05, 0) is 59.6 Å².